The monoisotopic (exact) mass is 498 g/mol. The molecule has 0 radical (unpaired) electrons. The first-order valence-corrected chi connectivity index (χ1v) is 12.4. The molecule has 0 fully saturated rings. The number of nitrogens with one attached hydrogen (secondary N) is 1. The van der Waals surface area contributed by atoms with Gasteiger partial charge in [-0.05, 0) is 73.4 Å². The molecule has 0 atom stereocenters. The molecular formula is C25H23ClN2O5S. The summed E-state index contributed by atoms with van der Waals surface area (Å²) < 4.78 is 33.1. The van der Waals surface area contributed by atoms with Crippen LogP contribution in [0.4, 0.5) is 11.4 Å². The molecule has 1 heterocycles. The van der Waals surface area contributed by atoms with E-state index in [0.717, 1.165) is 16.7 Å². The number of benzene rings is 3. The Kier molecular flexibility index (Phi) is 6.63. The average Bonchev–Trinajstić information content (AvgIpc) is 3.25. The van der Waals surface area contributed by atoms with Crippen LogP contribution in [0.1, 0.15) is 27.0 Å². The van der Waals surface area contributed by atoms with Crippen molar-refractivity contribution in [2.75, 3.05) is 22.8 Å². The summed E-state index contributed by atoms with van der Waals surface area (Å²) in [5.41, 5.74) is 4.20. The third kappa shape index (κ3) is 4.78. The molecule has 4 rings (SSSR count). The molecule has 1 amide bonds. The number of fused-ring (bicyclic) bond motifs is 1. The first-order chi connectivity index (χ1) is 16.2. The van der Waals surface area contributed by atoms with Crippen molar-refractivity contribution in [3.8, 4) is 0 Å². The molecule has 0 saturated heterocycles. The van der Waals surface area contributed by atoms with Crippen LogP contribution in [0.2, 0.25) is 5.02 Å². The van der Waals surface area contributed by atoms with Gasteiger partial charge in [0, 0.05) is 12.2 Å². The number of amides is 1. The van der Waals surface area contributed by atoms with E-state index in [9.17, 15) is 18.0 Å². The second-order valence-electron chi connectivity index (χ2n) is 8.02. The number of anilines is 2. The fourth-order valence-corrected chi connectivity index (χ4v) is 5.74. The Bertz CT molecular complexity index is 1390. The molecule has 0 aromatic heterocycles. The van der Waals surface area contributed by atoms with Crippen LogP contribution in [0.25, 0.3) is 0 Å². The fraction of sp³-hybridized carbons (Fsp3) is 0.200. The maximum Gasteiger partial charge on any atom is 0.338 e. The van der Waals surface area contributed by atoms with Crippen LogP contribution in [-0.4, -0.2) is 33.4 Å². The number of halogens is 1. The van der Waals surface area contributed by atoms with Crippen molar-refractivity contribution in [3.63, 3.8) is 0 Å². The number of esters is 1. The van der Waals surface area contributed by atoms with Crippen LogP contribution in [0.5, 0.6) is 0 Å². The molecule has 3 aromatic rings. The second kappa shape index (κ2) is 9.48. The minimum Gasteiger partial charge on any atom is -0.452 e. The molecule has 7 nitrogen and oxygen atoms in total. The standard InChI is InChI=1S/C25H23ClN2O5S/c1-16-7-9-20(13-17(16)2)27-24(29)15-33-25(30)19-8-10-21(26)23(14-19)34(31,32)28-12-11-18-5-3-4-6-22(18)28/h3-10,13-14H,11-12,15H2,1-2H3,(H,27,29). The topological polar surface area (TPSA) is 92.8 Å². The van der Waals surface area contributed by atoms with Gasteiger partial charge in [0.05, 0.1) is 16.3 Å². The molecule has 0 unspecified atom stereocenters. The molecule has 0 bridgehead atoms. The molecule has 9 heteroatoms. The number of carbonyl (C=O) groups excluding carboxylic acids is 2. The van der Waals surface area contributed by atoms with Gasteiger partial charge in [0.1, 0.15) is 4.90 Å². The Morgan fingerprint density at radius 2 is 1.79 bits per heavy atom. The van der Waals surface area contributed by atoms with Gasteiger partial charge in [-0.3, -0.25) is 9.10 Å². The molecule has 1 aliphatic heterocycles. The SMILES string of the molecule is Cc1ccc(NC(=O)COC(=O)c2ccc(Cl)c(S(=O)(=O)N3CCc4ccccc43)c2)cc1C. The Morgan fingerprint density at radius 1 is 1.03 bits per heavy atom. The number of hydrogen-bond acceptors (Lipinski definition) is 5. The highest BCUT2D eigenvalue weighted by molar-refractivity contribution is 7.93. The van der Waals surface area contributed by atoms with Crippen LogP contribution in [0.3, 0.4) is 0 Å². The molecule has 1 aliphatic rings. The lowest BCUT2D eigenvalue weighted by Crippen LogP contribution is -2.29. The Labute approximate surface area is 203 Å². The van der Waals surface area contributed by atoms with E-state index < -0.39 is 28.5 Å². The summed E-state index contributed by atoms with van der Waals surface area (Å²) in [6, 6.07) is 16.6. The van der Waals surface area contributed by atoms with Gasteiger partial charge < -0.3 is 10.1 Å². The third-order valence-electron chi connectivity index (χ3n) is 5.70. The first-order valence-electron chi connectivity index (χ1n) is 10.6. The van der Waals surface area contributed by atoms with Crippen molar-refractivity contribution in [2.45, 2.75) is 25.2 Å². The third-order valence-corrected chi connectivity index (χ3v) is 8.00. The average molecular weight is 499 g/mol. The summed E-state index contributed by atoms with van der Waals surface area (Å²) in [6.07, 6.45) is 0.588. The lowest BCUT2D eigenvalue weighted by Gasteiger charge is -2.20. The zero-order valence-corrected chi connectivity index (χ0v) is 20.2. The van der Waals surface area contributed by atoms with E-state index in [-0.39, 0.29) is 22.0 Å². The number of sulfonamides is 1. The van der Waals surface area contributed by atoms with Gasteiger partial charge in [0.2, 0.25) is 0 Å². The number of ether oxygens (including phenoxy) is 1. The minimum absolute atomic E-state index is 0.00610. The highest BCUT2D eigenvalue weighted by Gasteiger charge is 2.32. The van der Waals surface area contributed by atoms with Crippen LogP contribution in [-0.2, 0) is 26.0 Å². The fourth-order valence-electron chi connectivity index (χ4n) is 3.74. The van der Waals surface area contributed by atoms with Crippen molar-refractivity contribution in [1.82, 2.24) is 0 Å². The summed E-state index contributed by atoms with van der Waals surface area (Å²) >= 11 is 6.21. The van der Waals surface area contributed by atoms with Gasteiger partial charge in [-0.15, -0.1) is 0 Å². The summed E-state index contributed by atoms with van der Waals surface area (Å²) in [6.45, 7) is 3.66. The molecule has 1 N–H and O–H groups in total. The van der Waals surface area contributed by atoms with E-state index >= 15 is 0 Å². The summed E-state index contributed by atoms with van der Waals surface area (Å²) in [4.78, 5) is 24.6. The number of carbonyl (C=O) groups is 2. The van der Waals surface area contributed by atoms with E-state index in [0.29, 0.717) is 17.8 Å². The van der Waals surface area contributed by atoms with Crippen LogP contribution < -0.4 is 9.62 Å². The maximum atomic E-state index is 13.3. The molecule has 0 spiro atoms. The van der Waals surface area contributed by atoms with Crippen molar-refractivity contribution in [2.24, 2.45) is 0 Å². The second-order valence-corrected chi connectivity index (χ2v) is 10.3. The Balaban J connectivity index is 1.48. The minimum atomic E-state index is -4.00. The van der Waals surface area contributed by atoms with E-state index in [1.165, 1.54) is 22.5 Å². The van der Waals surface area contributed by atoms with E-state index in [2.05, 4.69) is 5.32 Å². The number of rotatable bonds is 6. The summed E-state index contributed by atoms with van der Waals surface area (Å²) in [5, 5.41) is 2.66. The number of hydrogen-bond donors (Lipinski definition) is 1. The smallest absolute Gasteiger partial charge is 0.338 e. The molecule has 176 valence electrons. The zero-order chi connectivity index (χ0) is 24.5. The van der Waals surface area contributed by atoms with Crippen LogP contribution >= 0.6 is 11.6 Å². The van der Waals surface area contributed by atoms with Crippen molar-refractivity contribution >= 4 is 44.9 Å². The maximum absolute atomic E-state index is 13.3. The molecule has 3 aromatic carbocycles. The lowest BCUT2D eigenvalue weighted by molar-refractivity contribution is -0.119. The normalized spacial score (nSPS) is 12.9. The predicted octanol–water partition coefficient (Wildman–Crippen LogP) is 4.50. The molecule has 0 aliphatic carbocycles. The lowest BCUT2D eigenvalue weighted by atomic mass is 10.1. The van der Waals surface area contributed by atoms with Gasteiger partial charge in [-0.25, -0.2) is 13.2 Å². The van der Waals surface area contributed by atoms with E-state index in [4.69, 9.17) is 16.3 Å². The summed E-state index contributed by atoms with van der Waals surface area (Å²) in [7, 11) is -4.00. The van der Waals surface area contributed by atoms with Gasteiger partial charge in [-0.1, -0.05) is 35.9 Å². The van der Waals surface area contributed by atoms with Gasteiger partial charge in [-0.2, -0.15) is 0 Å². The Morgan fingerprint density at radius 3 is 2.56 bits per heavy atom. The van der Waals surface area contributed by atoms with E-state index in [1.54, 1.807) is 18.2 Å². The molecular weight excluding hydrogens is 476 g/mol. The highest BCUT2D eigenvalue weighted by atomic mass is 35.5. The first kappa shape index (κ1) is 23.8. The molecule has 0 saturated carbocycles. The highest BCUT2D eigenvalue weighted by Crippen LogP contribution is 2.35. The summed E-state index contributed by atoms with van der Waals surface area (Å²) in [5.74, 6) is -1.34. The van der Waals surface area contributed by atoms with Crippen molar-refractivity contribution < 1.29 is 22.7 Å². The van der Waals surface area contributed by atoms with Gasteiger partial charge >= 0.3 is 5.97 Å². The van der Waals surface area contributed by atoms with E-state index in [1.807, 2.05) is 38.1 Å². The van der Waals surface area contributed by atoms with Gasteiger partial charge in [0.25, 0.3) is 15.9 Å². The molecule has 34 heavy (non-hydrogen) atoms. The van der Waals surface area contributed by atoms with Crippen molar-refractivity contribution in [3.05, 3.63) is 87.9 Å². The largest absolute Gasteiger partial charge is 0.452 e. The predicted molar refractivity (Wildman–Crippen MR) is 131 cm³/mol. The van der Waals surface area contributed by atoms with Crippen LogP contribution in [0.15, 0.2) is 65.6 Å². The number of aryl methyl sites for hydroxylation is 2. The number of para-hydroxylation sites is 1. The number of nitrogens with zero attached hydrogens (tertiary/aromatic N) is 1. The van der Waals surface area contributed by atoms with Crippen LogP contribution in [0, 0.1) is 13.8 Å². The quantitative estimate of drug-likeness (QED) is 0.505. The Hall–Kier alpha value is -3.36. The van der Waals surface area contributed by atoms with Gasteiger partial charge in [0.15, 0.2) is 6.61 Å². The zero-order valence-electron chi connectivity index (χ0n) is 18.7. The van der Waals surface area contributed by atoms with Crippen molar-refractivity contribution in [1.29, 1.82) is 0 Å².